The summed E-state index contributed by atoms with van der Waals surface area (Å²) in [5, 5.41) is 0. The highest BCUT2D eigenvalue weighted by Gasteiger charge is 2.24. The fourth-order valence-electron chi connectivity index (χ4n) is 2.66. The van der Waals surface area contributed by atoms with E-state index in [0.717, 1.165) is 38.0 Å². The highest BCUT2D eigenvalue weighted by atomic mass is 16.2. The van der Waals surface area contributed by atoms with Crippen molar-refractivity contribution in [3.63, 3.8) is 0 Å². The first-order chi connectivity index (χ1) is 8.70. The van der Waals surface area contributed by atoms with Crippen LogP contribution < -0.4 is 5.73 Å². The van der Waals surface area contributed by atoms with Gasteiger partial charge in [-0.05, 0) is 37.0 Å². The number of hydrogen-bond donors (Lipinski definition) is 1. The van der Waals surface area contributed by atoms with E-state index >= 15 is 0 Å². The number of carbonyl (C=O) groups excluding carboxylic acids is 1. The molecule has 0 saturated carbocycles. The minimum atomic E-state index is 0.297. The van der Waals surface area contributed by atoms with Crippen LogP contribution in [0.1, 0.15) is 44.1 Å². The molecule has 2 rings (SSSR count). The van der Waals surface area contributed by atoms with Gasteiger partial charge in [0, 0.05) is 31.1 Å². The van der Waals surface area contributed by atoms with Gasteiger partial charge in [-0.15, -0.1) is 0 Å². The van der Waals surface area contributed by atoms with Gasteiger partial charge in [0.05, 0.1) is 0 Å². The molecule has 0 aromatic heterocycles. The molecule has 1 amide bonds. The van der Waals surface area contributed by atoms with Gasteiger partial charge in [0.25, 0.3) is 0 Å². The van der Waals surface area contributed by atoms with Crippen LogP contribution in [0.25, 0.3) is 0 Å². The smallest absolute Gasteiger partial charge is 0.222 e. The molecular formula is C15H22N2O. The predicted octanol–water partition coefficient (Wildman–Crippen LogP) is 2.77. The highest BCUT2D eigenvalue weighted by molar-refractivity contribution is 5.76. The zero-order valence-corrected chi connectivity index (χ0v) is 11.1. The molecule has 1 atom stereocenters. The number of nitrogen functional groups attached to an aromatic ring is 1. The van der Waals surface area contributed by atoms with Gasteiger partial charge in [0.1, 0.15) is 0 Å². The van der Waals surface area contributed by atoms with Crippen LogP contribution in [0, 0.1) is 0 Å². The Morgan fingerprint density at radius 3 is 3.06 bits per heavy atom. The van der Waals surface area contributed by atoms with Gasteiger partial charge in [0.2, 0.25) is 5.91 Å². The van der Waals surface area contributed by atoms with Crippen molar-refractivity contribution in [1.29, 1.82) is 0 Å². The lowest BCUT2D eigenvalue weighted by molar-refractivity contribution is -0.132. The molecule has 1 aromatic carbocycles. The first-order valence-corrected chi connectivity index (χ1v) is 6.84. The van der Waals surface area contributed by atoms with Gasteiger partial charge >= 0.3 is 0 Å². The van der Waals surface area contributed by atoms with Crippen molar-refractivity contribution in [2.24, 2.45) is 0 Å². The maximum Gasteiger partial charge on any atom is 0.222 e. The molecular weight excluding hydrogens is 224 g/mol. The lowest BCUT2D eigenvalue weighted by atomic mass is 9.90. The van der Waals surface area contributed by atoms with E-state index < -0.39 is 0 Å². The molecule has 0 radical (unpaired) electrons. The number of hydrogen-bond acceptors (Lipinski definition) is 2. The summed E-state index contributed by atoms with van der Waals surface area (Å²) in [4.78, 5) is 14.0. The van der Waals surface area contributed by atoms with Gasteiger partial charge in [-0.3, -0.25) is 4.79 Å². The second-order valence-electron chi connectivity index (χ2n) is 5.10. The number of rotatable bonds is 3. The molecule has 1 aliphatic rings. The second-order valence-corrected chi connectivity index (χ2v) is 5.10. The van der Waals surface area contributed by atoms with E-state index in [2.05, 4.69) is 13.0 Å². The van der Waals surface area contributed by atoms with Crippen LogP contribution in [0.3, 0.4) is 0 Å². The molecule has 98 valence electrons. The number of likely N-dealkylation sites (tertiary alicyclic amines) is 1. The summed E-state index contributed by atoms with van der Waals surface area (Å²) < 4.78 is 0. The second kappa shape index (κ2) is 5.89. The van der Waals surface area contributed by atoms with Crippen molar-refractivity contribution in [2.45, 2.75) is 38.5 Å². The van der Waals surface area contributed by atoms with Gasteiger partial charge < -0.3 is 10.6 Å². The molecule has 1 fully saturated rings. The monoisotopic (exact) mass is 246 g/mol. The predicted molar refractivity (Wildman–Crippen MR) is 74.3 cm³/mol. The zero-order valence-electron chi connectivity index (χ0n) is 11.1. The average Bonchev–Trinajstić information content (AvgIpc) is 2.39. The molecule has 0 aliphatic carbocycles. The van der Waals surface area contributed by atoms with Crippen LogP contribution in [0.15, 0.2) is 24.3 Å². The Labute approximate surface area is 109 Å². The Kier molecular flexibility index (Phi) is 4.24. The van der Waals surface area contributed by atoms with Crippen LogP contribution in [-0.2, 0) is 4.79 Å². The van der Waals surface area contributed by atoms with Gasteiger partial charge in [-0.2, -0.15) is 0 Å². The van der Waals surface area contributed by atoms with Crippen molar-refractivity contribution >= 4 is 11.6 Å². The summed E-state index contributed by atoms with van der Waals surface area (Å²) >= 11 is 0. The van der Waals surface area contributed by atoms with Gasteiger partial charge in [-0.25, -0.2) is 0 Å². The number of carbonyl (C=O) groups is 1. The van der Waals surface area contributed by atoms with E-state index in [-0.39, 0.29) is 0 Å². The lowest BCUT2D eigenvalue weighted by Gasteiger charge is -2.33. The summed E-state index contributed by atoms with van der Waals surface area (Å²) in [5.41, 5.74) is 7.90. The normalized spacial score (nSPS) is 19.8. The molecule has 1 aliphatic heterocycles. The van der Waals surface area contributed by atoms with Crippen molar-refractivity contribution in [3.8, 4) is 0 Å². The summed E-state index contributed by atoms with van der Waals surface area (Å²) in [6, 6.07) is 8.07. The third-order valence-corrected chi connectivity index (χ3v) is 3.62. The molecule has 3 heteroatoms. The summed E-state index contributed by atoms with van der Waals surface area (Å²) in [6.07, 6.45) is 3.84. The Morgan fingerprint density at radius 2 is 2.33 bits per heavy atom. The number of anilines is 1. The molecule has 1 saturated heterocycles. The SMILES string of the molecule is CCCC(=O)N1CCCC(c2cccc(N)c2)C1. The van der Waals surface area contributed by atoms with Crippen molar-refractivity contribution in [1.82, 2.24) is 4.90 Å². The molecule has 1 heterocycles. The fourth-order valence-corrected chi connectivity index (χ4v) is 2.66. The third-order valence-electron chi connectivity index (χ3n) is 3.62. The van der Waals surface area contributed by atoms with E-state index in [1.807, 2.05) is 23.1 Å². The highest BCUT2D eigenvalue weighted by Crippen LogP contribution is 2.28. The Balaban J connectivity index is 2.04. The van der Waals surface area contributed by atoms with E-state index in [0.29, 0.717) is 18.2 Å². The summed E-state index contributed by atoms with van der Waals surface area (Å²) in [6.45, 7) is 3.82. The number of amides is 1. The topological polar surface area (TPSA) is 46.3 Å². The first-order valence-electron chi connectivity index (χ1n) is 6.84. The van der Waals surface area contributed by atoms with Crippen LogP contribution in [0.5, 0.6) is 0 Å². The minimum absolute atomic E-state index is 0.297. The van der Waals surface area contributed by atoms with Crippen LogP contribution in [0.2, 0.25) is 0 Å². The number of benzene rings is 1. The molecule has 0 bridgehead atoms. The summed E-state index contributed by atoms with van der Waals surface area (Å²) in [5.74, 6) is 0.745. The van der Waals surface area contributed by atoms with Crippen molar-refractivity contribution in [2.75, 3.05) is 18.8 Å². The van der Waals surface area contributed by atoms with E-state index in [9.17, 15) is 4.79 Å². The largest absolute Gasteiger partial charge is 0.399 e. The number of piperidine rings is 1. The maximum atomic E-state index is 11.9. The molecule has 0 spiro atoms. The average molecular weight is 246 g/mol. The third kappa shape index (κ3) is 3.03. The quantitative estimate of drug-likeness (QED) is 0.834. The molecule has 3 nitrogen and oxygen atoms in total. The van der Waals surface area contributed by atoms with E-state index in [1.54, 1.807) is 0 Å². The Morgan fingerprint density at radius 1 is 1.50 bits per heavy atom. The minimum Gasteiger partial charge on any atom is -0.399 e. The van der Waals surface area contributed by atoms with Crippen LogP contribution in [-0.4, -0.2) is 23.9 Å². The van der Waals surface area contributed by atoms with E-state index in [1.165, 1.54) is 5.56 Å². The molecule has 2 N–H and O–H groups in total. The first kappa shape index (κ1) is 12.9. The fraction of sp³-hybridized carbons (Fsp3) is 0.533. The van der Waals surface area contributed by atoms with E-state index in [4.69, 9.17) is 5.73 Å². The number of nitrogens with zero attached hydrogens (tertiary/aromatic N) is 1. The standard InChI is InChI=1S/C15H22N2O/c1-2-5-15(18)17-9-4-7-13(11-17)12-6-3-8-14(16)10-12/h3,6,8,10,13H,2,4-5,7,9,11,16H2,1H3. The zero-order chi connectivity index (χ0) is 13.0. The van der Waals surface area contributed by atoms with Gasteiger partial charge in [0.15, 0.2) is 0 Å². The van der Waals surface area contributed by atoms with Crippen molar-refractivity contribution in [3.05, 3.63) is 29.8 Å². The Hall–Kier alpha value is -1.51. The van der Waals surface area contributed by atoms with Crippen molar-refractivity contribution < 1.29 is 4.79 Å². The Bertz CT molecular complexity index is 417. The van der Waals surface area contributed by atoms with Crippen LogP contribution >= 0.6 is 0 Å². The van der Waals surface area contributed by atoms with Crippen LogP contribution in [0.4, 0.5) is 5.69 Å². The maximum absolute atomic E-state index is 11.9. The van der Waals surface area contributed by atoms with Gasteiger partial charge in [-0.1, -0.05) is 19.1 Å². The lowest BCUT2D eigenvalue weighted by Crippen LogP contribution is -2.38. The molecule has 1 aromatic rings. The number of nitrogens with two attached hydrogens (primary N) is 1. The summed E-state index contributed by atoms with van der Waals surface area (Å²) in [7, 11) is 0. The molecule has 18 heavy (non-hydrogen) atoms. The molecule has 1 unspecified atom stereocenters.